The Labute approximate surface area is 117 Å². The summed E-state index contributed by atoms with van der Waals surface area (Å²) in [7, 11) is 0. The van der Waals surface area contributed by atoms with E-state index >= 15 is 0 Å². The van der Waals surface area contributed by atoms with Crippen LogP contribution in [0.3, 0.4) is 0 Å². The smallest absolute Gasteiger partial charge is 0.338 e. The number of ether oxygens (including phenoxy) is 4. The topological polar surface area (TPSA) is 54.0 Å². The minimum atomic E-state index is -1.22. The lowest BCUT2D eigenvalue weighted by Crippen LogP contribution is -2.61. The van der Waals surface area contributed by atoms with Crippen LogP contribution in [-0.2, 0) is 18.9 Å². The Hall–Kier alpha value is -1.43. The monoisotopic (exact) mass is 278 g/mol. The number of hydrogen-bond donors (Lipinski definition) is 0. The molecule has 4 rings (SSSR count). The van der Waals surface area contributed by atoms with Crippen LogP contribution in [0.2, 0.25) is 0 Å². The molecule has 3 aliphatic rings. The molecule has 1 aromatic carbocycles. The van der Waals surface area contributed by atoms with Gasteiger partial charge in [-0.25, -0.2) is 4.79 Å². The van der Waals surface area contributed by atoms with Crippen molar-refractivity contribution >= 4 is 5.97 Å². The predicted octanol–water partition coefficient (Wildman–Crippen LogP) is 1.97. The van der Waals surface area contributed by atoms with Gasteiger partial charge < -0.3 is 18.9 Å². The van der Waals surface area contributed by atoms with E-state index < -0.39 is 11.9 Å². The van der Waals surface area contributed by atoms with Gasteiger partial charge in [0, 0.05) is 5.41 Å². The van der Waals surface area contributed by atoms with Gasteiger partial charge in [-0.2, -0.15) is 0 Å². The molecule has 0 aromatic heterocycles. The number of esters is 1. The summed E-state index contributed by atoms with van der Waals surface area (Å²) < 4.78 is 22.1. The maximum Gasteiger partial charge on any atom is 0.338 e. The average Bonchev–Trinajstić information content (AvgIpc) is 2.55. The van der Waals surface area contributed by atoms with Gasteiger partial charge in [-0.05, 0) is 18.6 Å². The summed E-state index contributed by atoms with van der Waals surface area (Å²) in [5.74, 6) is -1.63. The fourth-order valence-electron chi connectivity index (χ4n) is 2.28. The van der Waals surface area contributed by atoms with Gasteiger partial charge in [-0.3, -0.25) is 0 Å². The second kappa shape index (κ2) is 5.16. The molecule has 108 valence electrons. The summed E-state index contributed by atoms with van der Waals surface area (Å²) in [6, 6.07) is 8.82. The van der Waals surface area contributed by atoms with Crippen molar-refractivity contribution in [3.8, 4) is 0 Å². The largest absolute Gasteiger partial charge is 0.453 e. The molecule has 0 amide bonds. The van der Waals surface area contributed by atoms with Crippen molar-refractivity contribution < 1.29 is 23.7 Å². The van der Waals surface area contributed by atoms with Crippen LogP contribution in [0.25, 0.3) is 0 Å². The minimum Gasteiger partial charge on any atom is -0.453 e. The highest BCUT2D eigenvalue weighted by Gasteiger charge is 2.52. The first-order valence-corrected chi connectivity index (χ1v) is 6.81. The maximum atomic E-state index is 11.9. The Balaban J connectivity index is 1.58. The third-order valence-electron chi connectivity index (χ3n) is 3.93. The third kappa shape index (κ3) is 2.44. The molecule has 3 saturated heterocycles. The van der Waals surface area contributed by atoms with Crippen LogP contribution < -0.4 is 0 Å². The van der Waals surface area contributed by atoms with E-state index in [9.17, 15) is 4.79 Å². The summed E-state index contributed by atoms with van der Waals surface area (Å²) in [6.45, 7) is 3.76. The van der Waals surface area contributed by atoms with E-state index in [1.54, 1.807) is 24.3 Å². The van der Waals surface area contributed by atoms with Crippen molar-refractivity contribution in [3.05, 3.63) is 35.9 Å². The van der Waals surface area contributed by atoms with Crippen LogP contribution in [0.5, 0.6) is 0 Å². The third-order valence-corrected chi connectivity index (χ3v) is 3.93. The minimum absolute atomic E-state index is 0.0504. The van der Waals surface area contributed by atoms with Crippen molar-refractivity contribution in [1.82, 2.24) is 0 Å². The molecule has 0 saturated carbocycles. The van der Waals surface area contributed by atoms with Crippen LogP contribution >= 0.6 is 0 Å². The molecule has 0 spiro atoms. The molecule has 2 bridgehead atoms. The van der Waals surface area contributed by atoms with Gasteiger partial charge >= 0.3 is 11.9 Å². The van der Waals surface area contributed by atoms with Crippen molar-refractivity contribution in [3.63, 3.8) is 0 Å². The zero-order valence-electron chi connectivity index (χ0n) is 11.5. The molecule has 20 heavy (non-hydrogen) atoms. The lowest BCUT2D eigenvalue weighted by molar-refractivity contribution is -0.474. The number of carbonyl (C=O) groups excluding carboxylic acids is 1. The van der Waals surface area contributed by atoms with Crippen molar-refractivity contribution in [2.24, 2.45) is 5.41 Å². The first-order chi connectivity index (χ1) is 9.67. The maximum absolute atomic E-state index is 11.9. The molecule has 0 unspecified atom stereocenters. The molecule has 0 radical (unpaired) electrons. The fraction of sp³-hybridized carbons (Fsp3) is 0.533. The Bertz CT molecular complexity index is 460. The van der Waals surface area contributed by atoms with Crippen molar-refractivity contribution in [1.29, 1.82) is 0 Å². The van der Waals surface area contributed by atoms with E-state index in [1.165, 1.54) is 0 Å². The van der Waals surface area contributed by atoms with Gasteiger partial charge in [0.05, 0.1) is 25.4 Å². The SMILES string of the molecule is CCC12COC(COC(=O)c3ccccc3)(OC1)OC2. The number of rotatable bonds is 4. The van der Waals surface area contributed by atoms with E-state index in [1.807, 2.05) is 6.07 Å². The molecule has 3 aliphatic heterocycles. The predicted molar refractivity (Wildman–Crippen MR) is 70.0 cm³/mol. The molecule has 0 N–H and O–H groups in total. The molecular weight excluding hydrogens is 260 g/mol. The van der Waals surface area contributed by atoms with Crippen LogP contribution in [0.1, 0.15) is 23.7 Å². The molecule has 0 aliphatic carbocycles. The number of benzene rings is 1. The number of fused-ring (bicyclic) bond motifs is 3. The Morgan fingerprint density at radius 3 is 2.30 bits per heavy atom. The van der Waals surface area contributed by atoms with Crippen LogP contribution in [-0.4, -0.2) is 38.4 Å². The molecule has 5 heteroatoms. The Morgan fingerprint density at radius 1 is 1.15 bits per heavy atom. The number of carbonyl (C=O) groups is 1. The van der Waals surface area contributed by atoms with E-state index in [-0.39, 0.29) is 12.0 Å². The Morgan fingerprint density at radius 2 is 1.75 bits per heavy atom. The second-order valence-electron chi connectivity index (χ2n) is 5.34. The molecule has 0 atom stereocenters. The lowest BCUT2D eigenvalue weighted by atomic mass is 9.86. The van der Waals surface area contributed by atoms with E-state index in [2.05, 4.69) is 6.92 Å². The van der Waals surface area contributed by atoms with E-state index in [4.69, 9.17) is 18.9 Å². The zero-order chi connectivity index (χ0) is 14.1. The number of hydrogen-bond acceptors (Lipinski definition) is 5. The van der Waals surface area contributed by atoms with E-state index in [0.717, 1.165) is 6.42 Å². The summed E-state index contributed by atoms with van der Waals surface area (Å²) in [5.41, 5.74) is 0.448. The van der Waals surface area contributed by atoms with Gasteiger partial charge in [0.15, 0.2) is 6.61 Å². The van der Waals surface area contributed by atoms with Gasteiger partial charge in [0.2, 0.25) is 0 Å². The summed E-state index contributed by atoms with van der Waals surface area (Å²) in [6.07, 6.45) is 0.937. The van der Waals surface area contributed by atoms with E-state index in [0.29, 0.717) is 25.4 Å². The fourth-order valence-corrected chi connectivity index (χ4v) is 2.28. The molecule has 3 heterocycles. The van der Waals surface area contributed by atoms with Crippen molar-refractivity contribution in [2.75, 3.05) is 26.4 Å². The van der Waals surface area contributed by atoms with Crippen LogP contribution in [0, 0.1) is 5.41 Å². The Kier molecular flexibility index (Phi) is 3.50. The van der Waals surface area contributed by atoms with Gasteiger partial charge in [-0.15, -0.1) is 0 Å². The lowest BCUT2D eigenvalue weighted by Gasteiger charge is -2.50. The first-order valence-electron chi connectivity index (χ1n) is 6.81. The van der Waals surface area contributed by atoms with Crippen molar-refractivity contribution in [2.45, 2.75) is 19.3 Å². The highest BCUT2D eigenvalue weighted by atomic mass is 16.9. The molecule has 3 fully saturated rings. The van der Waals surface area contributed by atoms with Crippen LogP contribution in [0.4, 0.5) is 0 Å². The average molecular weight is 278 g/mol. The van der Waals surface area contributed by atoms with Crippen LogP contribution in [0.15, 0.2) is 30.3 Å². The molecular formula is C15H18O5. The summed E-state index contributed by atoms with van der Waals surface area (Å²) in [5, 5.41) is 0. The molecule has 1 aromatic rings. The van der Waals surface area contributed by atoms with Gasteiger partial charge in [-0.1, -0.05) is 25.1 Å². The quantitative estimate of drug-likeness (QED) is 0.788. The highest BCUT2D eigenvalue weighted by Crippen LogP contribution is 2.40. The first kappa shape index (κ1) is 13.5. The highest BCUT2D eigenvalue weighted by molar-refractivity contribution is 5.89. The summed E-state index contributed by atoms with van der Waals surface area (Å²) in [4.78, 5) is 11.9. The zero-order valence-corrected chi connectivity index (χ0v) is 11.5. The normalized spacial score (nSPS) is 32.0. The van der Waals surface area contributed by atoms with Gasteiger partial charge in [0.1, 0.15) is 0 Å². The summed E-state index contributed by atoms with van der Waals surface area (Å²) >= 11 is 0. The molecule has 5 nitrogen and oxygen atoms in total. The van der Waals surface area contributed by atoms with Gasteiger partial charge in [0.25, 0.3) is 0 Å². The standard InChI is InChI=1S/C15H18O5/c1-2-14-8-18-15(19-9-14,20-10-14)11-17-13(16)12-6-4-3-5-7-12/h3-7H,2,8-11H2,1H3. The second-order valence-corrected chi connectivity index (χ2v) is 5.34.